The van der Waals surface area contributed by atoms with Crippen LogP contribution in [-0.4, -0.2) is 26.4 Å². The van der Waals surface area contributed by atoms with E-state index < -0.39 is 0 Å². The zero-order valence-corrected chi connectivity index (χ0v) is 7.30. The van der Waals surface area contributed by atoms with Crippen molar-refractivity contribution in [3.05, 3.63) is 11.6 Å². The van der Waals surface area contributed by atoms with Gasteiger partial charge in [-0.3, -0.25) is 0 Å². The lowest BCUT2D eigenvalue weighted by molar-refractivity contribution is 0.0570. The smallest absolute Gasteiger partial charge is 0.0650 e. The minimum absolute atomic E-state index is 0.490. The Morgan fingerprint density at radius 2 is 2.55 bits per heavy atom. The zero-order valence-electron chi connectivity index (χ0n) is 7.30. The molecule has 1 aliphatic heterocycles. The zero-order chi connectivity index (χ0) is 8.10. The first-order chi connectivity index (χ1) is 5.34. The van der Waals surface area contributed by atoms with E-state index in [0.717, 1.165) is 26.4 Å². The van der Waals surface area contributed by atoms with E-state index in [1.807, 2.05) is 6.92 Å². The minimum atomic E-state index is 0.490. The van der Waals surface area contributed by atoms with Crippen molar-refractivity contribution in [3.63, 3.8) is 0 Å². The molecule has 64 valence electrons. The van der Waals surface area contributed by atoms with E-state index in [4.69, 9.17) is 9.47 Å². The highest BCUT2D eigenvalue weighted by atomic mass is 16.5. The first kappa shape index (κ1) is 8.75. The summed E-state index contributed by atoms with van der Waals surface area (Å²) in [6.07, 6.45) is 2.13. The summed E-state index contributed by atoms with van der Waals surface area (Å²) in [5.41, 5.74) is 1.41. The standard InChI is InChI=1S/C9H16O2/c1-3-10-6-9-7-11-5-4-8(9)2/h4,9H,3,5-7H2,1-2H3. The third kappa shape index (κ3) is 2.64. The fraction of sp³-hybridized carbons (Fsp3) is 0.778. The van der Waals surface area contributed by atoms with Crippen LogP contribution in [0.15, 0.2) is 11.6 Å². The summed E-state index contributed by atoms with van der Waals surface area (Å²) in [4.78, 5) is 0. The maximum absolute atomic E-state index is 5.32. The Bertz CT molecular complexity index is 140. The van der Waals surface area contributed by atoms with Gasteiger partial charge in [-0.2, -0.15) is 0 Å². The summed E-state index contributed by atoms with van der Waals surface area (Å²) in [5.74, 6) is 0.490. The van der Waals surface area contributed by atoms with E-state index in [-0.39, 0.29) is 0 Å². The van der Waals surface area contributed by atoms with Gasteiger partial charge < -0.3 is 9.47 Å². The molecule has 0 spiro atoms. The fourth-order valence-electron chi connectivity index (χ4n) is 1.14. The van der Waals surface area contributed by atoms with Gasteiger partial charge in [-0.05, 0) is 13.8 Å². The highest BCUT2D eigenvalue weighted by molar-refractivity contribution is 5.06. The first-order valence-electron chi connectivity index (χ1n) is 4.16. The van der Waals surface area contributed by atoms with Crippen molar-refractivity contribution < 1.29 is 9.47 Å². The Kier molecular flexibility index (Phi) is 3.60. The Labute approximate surface area is 68.2 Å². The molecule has 2 heteroatoms. The van der Waals surface area contributed by atoms with Gasteiger partial charge in [0.05, 0.1) is 19.8 Å². The SMILES string of the molecule is CCOCC1COCC=C1C. The molecular formula is C9H16O2. The number of hydrogen-bond acceptors (Lipinski definition) is 2. The van der Waals surface area contributed by atoms with Crippen LogP contribution in [0.1, 0.15) is 13.8 Å². The van der Waals surface area contributed by atoms with Gasteiger partial charge in [0.25, 0.3) is 0 Å². The van der Waals surface area contributed by atoms with Gasteiger partial charge in [-0.25, -0.2) is 0 Å². The third-order valence-corrected chi connectivity index (χ3v) is 2.01. The second kappa shape index (κ2) is 4.52. The Morgan fingerprint density at radius 1 is 1.73 bits per heavy atom. The molecule has 0 N–H and O–H groups in total. The van der Waals surface area contributed by atoms with Crippen LogP contribution in [0, 0.1) is 5.92 Å². The molecule has 1 unspecified atom stereocenters. The molecule has 0 aromatic rings. The molecule has 11 heavy (non-hydrogen) atoms. The van der Waals surface area contributed by atoms with Gasteiger partial charge in [0.2, 0.25) is 0 Å². The van der Waals surface area contributed by atoms with Gasteiger partial charge in [0.15, 0.2) is 0 Å². The van der Waals surface area contributed by atoms with Crippen LogP contribution in [0.5, 0.6) is 0 Å². The molecule has 2 nitrogen and oxygen atoms in total. The summed E-state index contributed by atoms with van der Waals surface area (Å²) < 4.78 is 10.6. The van der Waals surface area contributed by atoms with Gasteiger partial charge >= 0.3 is 0 Å². The van der Waals surface area contributed by atoms with Crippen LogP contribution in [0.3, 0.4) is 0 Å². The minimum Gasteiger partial charge on any atom is -0.381 e. The van der Waals surface area contributed by atoms with Gasteiger partial charge in [-0.15, -0.1) is 0 Å². The third-order valence-electron chi connectivity index (χ3n) is 2.01. The lowest BCUT2D eigenvalue weighted by atomic mass is 10.0. The molecule has 1 heterocycles. The average Bonchev–Trinajstić information content (AvgIpc) is 2.03. The van der Waals surface area contributed by atoms with Gasteiger partial charge in [0.1, 0.15) is 0 Å². The monoisotopic (exact) mass is 156 g/mol. The summed E-state index contributed by atoms with van der Waals surface area (Å²) in [5, 5.41) is 0. The van der Waals surface area contributed by atoms with Crippen molar-refractivity contribution in [2.24, 2.45) is 5.92 Å². The highest BCUT2D eigenvalue weighted by Gasteiger charge is 2.13. The Hall–Kier alpha value is -0.340. The van der Waals surface area contributed by atoms with Crippen LogP contribution in [0.25, 0.3) is 0 Å². The average molecular weight is 156 g/mol. The number of hydrogen-bond donors (Lipinski definition) is 0. The van der Waals surface area contributed by atoms with E-state index in [1.165, 1.54) is 5.57 Å². The lowest BCUT2D eigenvalue weighted by Crippen LogP contribution is -2.21. The molecule has 0 bridgehead atoms. The van der Waals surface area contributed by atoms with E-state index in [2.05, 4.69) is 13.0 Å². The van der Waals surface area contributed by atoms with Crippen LogP contribution >= 0.6 is 0 Å². The topological polar surface area (TPSA) is 18.5 Å². The lowest BCUT2D eigenvalue weighted by Gasteiger charge is -2.21. The summed E-state index contributed by atoms with van der Waals surface area (Å²) in [6, 6.07) is 0. The van der Waals surface area contributed by atoms with Crippen molar-refractivity contribution in [1.82, 2.24) is 0 Å². The molecule has 0 saturated heterocycles. The van der Waals surface area contributed by atoms with Crippen LogP contribution in [0.2, 0.25) is 0 Å². The van der Waals surface area contributed by atoms with Gasteiger partial charge in [0, 0.05) is 12.5 Å². The Balaban J connectivity index is 2.31. The van der Waals surface area contributed by atoms with Gasteiger partial charge in [-0.1, -0.05) is 11.6 Å². The molecule has 1 rings (SSSR count). The highest BCUT2D eigenvalue weighted by Crippen LogP contribution is 2.15. The number of ether oxygens (including phenoxy) is 2. The molecule has 0 aromatic heterocycles. The molecule has 1 aliphatic rings. The second-order valence-corrected chi connectivity index (χ2v) is 2.84. The van der Waals surface area contributed by atoms with Crippen molar-refractivity contribution in [2.45, 2.75) is 13.8 Å². The second-order valence-electron chi connectivity index (χ2n) is 2.84. The maximum Gasteiger partial charge on any atom is 0.0650 e. The molecule has 0 radical (unpaired) electrons. The van der Waals surface area contributed by atoms with Crippen molar-refractivity contribution in [1.29, 1.82) is 0 Å². The van der Waals surface area contributed by atoms with E-state index in [1.54, 1.807) is 0 Å². The largest absolute Gasteiger partial charge is 0.381 e. The molecule has 0 aliphatic carbocycles. The first-order valence-corrected chi connectivity index (χ1v) is 4.16. The fourth-order valence-corrected chi connectivity index (χ4v) is 1.14. The molecule has 1 atom stereocenters. The van der Waals surface area contributed by atoms with Crippen LogP contribution < -0.4 is 0 Å². The predicted octanol–water partition coefficient (Wildman–Crippen LogP) is 1.62. The predicted molar refractivity (Wildman–Crippen MR) is 44.6 cm³/mol. The molecule has 0 saturated carbocycles. The van der Waals surface area contributed by atoms with E-state index >= 15 is 0 Å². The normalized spacial score (nSPS) is 24.9. The summed E-state index contributed by atoms with van der Waals surface area (Å²) in [6.45, 7) is 7.36. The molecule has 0 aromatic carbocycles. The van der Waals surface area contributed by atoms with Crippen molar-refractivity contribution in [2.75, 3.05) is 26.4 Å². The van der Waals surface area contributed by atoms with Crippen LogP contribution in [0.4, 0.5) is 0 Å². The van der Waals surface area contributed by atoms with Crippen molar-refractivity contribution >= 4 is 0 Å². The number of rotatable bonds is 3. The molecule has 0 fully saturated rings. The molecule has 0 amide bonds. The maximum atomic E-state index is 5.32. The van der Waals surface area contributed by atoms with E-state index in [9.17, 15) is 0 Å². The van der Waals surface area contributed by atoms with Crippen molar-refractivity contribution in [3.8, 4) is 0 Å². The quantitative estimate of drug-likeness (QED) is 0.578. The molecular weight excluding hydrogens is 140 g/mol. The summed E-state index contributed by atoms with van der Waals surface area (Å²) >= 11 is 0. The van der Waals surface area contributed by atoms with Crippen LogP contribution in [-0.2, 0) is 9.47 Å². The van der Waals surface area contributed by atoms with E-state index in [0.29, 0.717) is 5.92 Å². The Morgan fingerprint density at radius 3 is 3.18 bits per heavy atom. The summed E-state index contributed by atoms with van der Waals surface area (Å²) in [7, 11) is 0.